The van der Waals surface area contributed by atoms with Gasteiger partial charge in [-0.15, -0.1) is 0 Å². The Bertz CT molecular complexity index is 785. The number of benzene rings is 1. The number of hydrogen-bond acceptors (Lipinski definition) is 4. The molecule has 1 aromatic carbocycles. The lowest BCUT2D eigenvalue weighted by molar-refractivity contribution is 0.102. The molecule has 2 heterocycles. The summed E-state index contributed by atoms with van der Waals surface area (Å²) in [6, 6.07) is 5.82. The molecular weight excluding hydrogens is 343 g/mol. The van der Waals surface area contributed by atoms with Crippen LogP contribution in [0.25, 0.3) is 5.69 Å². The first-order valence-corrected chi connectivity index (χ1v) is 6.63. The van der Waals surface area contributed by atoms with Gasteiger partial charge in [-0.05, 0) is 34.1 Å². The minimum Gasteiger partial charge on any atom is -0.457 e. The molecule has 0 unspecified atom stereocenters. The lowest BCUT2D eigenvalue weighted by Gasteiger charge is -2.06. The van der Waals surface area contributed by atoms with Crippen LogP contribution in [0, 0.1) is 5.82 Å². The first kappa shape index (κ1) is 13.5. The number of rotatable bonds is 3. The highest BCUT2D eigenvalue weighted by molar-refractivity contribution is 9.10. The Balaban J connectivity index is 1.81. The Labute approximate surface area is 126 Å². The first-order chi connectivity index (χ1) is 10.1. The summed E-state index contributed by atoms with van der Waals surface area (Å²) in [6.45, 7) is 0. The summed E-state index contributed by atoms with van der Waals surface area (Å²) < 4.78 is 20.7. The zero-order valence-electron chi connectivity index (χ0n) is 10.5. The van der Waals surface area contributed by atoms with Gasteiger partial charge in [-0.25, -0.2) is 14.1 Å². The second-order valence-corrected chi connectivity index (χ2v) is 4.88. The van der Waals surface area contributed by atoms with E-state index in [0.717, 1.165) is 0 Å². The van der Waals surface area contributed by atoms with E-state index < -0.39 is 11.7 Å². The topological polar surface area (TPSA) is 73.0 Å². The van der Waals surface area contributed by atoms with Gasteiger partial charge in [0, 0.05) is 11.8 Å². The molecule has 0 fully saturated rings. The van der Waals surface area contributed by atoms with Gasteiger partial charge in [0.15, 0.2) is 10.5 Å². The molecule has 0 saturated heterocycles. The molecule has 0 aliphatic rings. The van der Waals surface area contributed by atoms with Crippen molar-refractivity contribution in [1.29, 1.82) is 0 Å². The van der Waals surface area contributed by atoms with E-state index in [1.807, 2.05) is 0 Å². The van der Waals surface area contributed by atoms with Crippen LogP contribution in [0.15, 0.2) is 52.3 Å². The average Bonchev–Trinajstić information content (AvgIpc) is 3.10. The molecule has 3 aromatic rings. The molecule has 0 saturated carbocycles. The molecule has 1 amide bonds. The molecule has 106 valence electrons. The second kappa shape index (κ2) is 5.49. The summed E-state index contributed by atoms with van der Waals surface area (Å²) in [5.41, 5.74) is 0.915. The van der Waals surface area contributed by atoms with Gasteiger partial charge >= 0.3 is 0 Å². The molecule has 0 atom stereocenters. The van der Waals surface area contributed by atoms with E-state index in [9.17, 15) is 9.18 Å². The summed E-state index contributed by atoms with van der Waals surface area (Å²) >= 11 is 3.11. The van der Waals surface area contributed by atoms with E-state index in [1.165, 1.54) is 41.8 Å². The summed E-state index contributed by atoms with van der Waals surface area (Å²) in [6.07, 6.45) is 4.01. The van der Waals surface area contributed by atoms with E-state index in [0.29, 0.717) is 15.9 Å². The minimum atomic E-state index is -0.522. The predicted molar refractivity (Wildman–Crippen MR) is 75.7 cm³/mol. The van der Waals surface area contributed by atoms with Crippen LogP contribution in [0.1, 0.15) is 10.4 Å². The van der Waals surface area contributed by atoms with Gasteiger partial charge in [-0.3, -0.25) is 4.79 Å². The van der Waals surface area contributed by atoms with Crippen LogP contribution < -0.4 is 5.32 Å². The van der Waals surface area contributed by atoms with Crippen molar-refractivity contribution in [3.8, 4) is 5.69 Å². The number of hydrogen-bond donors (Lipinski definition) is 1. The number of anilines is 1. The van der Waals surface area contributed by atoms with Crippen LogP contribution in [-0.2, 0) is 0 Å². The monoisotopic (exact) mass is 350 g/mol. The molecule has 0 bridgehead atoms. The molecule has 1 N–H and O–H groups in total. The molecule has 0 spiro atoms. The van der Waals surface area contributed by atoms with Crippen LogP contribution in [0.3, 0.4) is 0 Å². The Morgan fingerprint density at radius 3 is 2.86 bits per heavy atom. The lowest BCUT2D eigenvalue weighted by atomic mass is 10.2. The summed E-state index contributed by atoms with van der Waals surface area (Å²) in [5, 5.41) is 6.43. The van der Waals surface area contributed by atoms with E-state index >= 15 is 0 Å². The van der Waals surface area contributed by atoms with Gasteiger partial charge < -0.3 is 9.73 Å². The number of carbonyl (C=O) groups excluding carboxylic acids is 1. The number of carbonyl (C=O) groups is 1. The second-order valence-electron chi connectivity index (χ2n) is 4.10. The minimum absolute atomic E-state index is 0.247. The standard InChI is InChI=1S/C13H8BrFN4O2/c14-12-3-8(5-21-12)13(20)18-9-1-2-11(10(15)4-9)19-7-16-6-17-19/h1-7H,(H,18,20). The van der Waals surface area contributed by atoms with Crippen LogP contribution in [0.5, 0.6) is 0 Å². The summed E-state index contributed by atoms with van der Waals surface area (Å²) in [4.78, 5) is 15.7. The first-order valence-electron chi connectivity index (χ1n) is 5.83. The van der Waals surface area contributed by atoms with Crippen LogP contribution in [-0.4, -0.2) is 20.7 Å². The van der Waals surface area contributed by atoms with Gasteiger partial charge in [-0.1, -0.05) is 0 Å². The number of amides is 1. The van der Waals surface area contributed by atoms with Crippen LogP contribution in [0.4, 0.5) is 10.1 Å². The van der Waals surface area contributed by atoms with Gasteiger partial charge in [0.2, 0.25) is 0 Å². The number of nitrogens with one attached hydrogen (secondary N) is 1. The molecule has 6 nitrogen and oxygen atoms in total. The van der Waals surface area contributed by atoms with Crippen molar-refractivity contribution in [2.45, 2.75) is 0 Å². The molecule has 2 aromatic heterocycles. The fourth-order valence-electron chi connectivity index (χ4n) is 1.74. The van der Waals surface area contributed by atoms with E-state index in [4.69, 9.17) is 4.42 Å². The predicted octanol–water partition coefficient (Wildman–Crippen LogP) is 3.01. The van der Waals surface area contributed by atoms with Gasteiger partial charge in [0.1, 0.15) is 24.6 Å². The zero-order valence-corrected chi connectivity index (χ0v) is 12.0. The van der Waals surface area contributed by atoms with Crippen molar-refractivity contribution < 1.29 is 13.6 Å². The lowest BCUT2D eigenvalue weighted by Crippen LogP contribution is -2.11. The van der Waals surface area contributed by atoms with Gasteiger partial charge in [0.05, 0.1) is 5.56 Å². The Morgan fingerprint density at radius 1 is 1.38 bits per heavy atom. The average molecular weight is 351 g/mol. The molecule has 0 aliphatic carbocycles. The van der Waals surface area contributed by atoms with Gasteiger partial charge in [0.25, 0.3) is 5.91 Å². The van der Waals surface area contributed by atoms with Crippen molar-refractivity contribution >= 4 is 27.5 Å². The number of furan rings is 1. The number of aromatic nitrogens is 3. The highest BCUT2D eigenvalue weighted by Crippen LogP contribution is 2.19. The fraction of sp³-hybridized carbons (Fsp3) is 0. The zero-order chi connectivity index (χ0) is 14.8. The van der Waals surface area contributed by atoms with Crippen LogP contribution in [0.2, 0.25) is 0 Å². The fourth-order valence-corrected chi connectivity index (χ4v) is 2.08. The third kappa shape index (κ3) is 2.84. The highest BCUT2D eigenvalue weighted by atomic mass is 79.9. The quantitative estimate of drug-likeness (QED) is 0.787. The number of halogens is 2. The Hall–Kier alpha value is -2.48. The molecule has 0 radical (unpaired) electrons. The van der Waals surface area contributed by atoms with Gasteiger partial charge in [-0.2, -0.15) is 5.10 Å². The summed E-state index contributed by atoms with van der Waals surface area (Å²) in [5.74, 6) is -0.913. The van der Waals surface area contributed by atoms with E-state index in [1.54, 1.807) is 6.07 Å². The van der Waals surface area contributed by atoms with Crippen LogP contribution >= 0.6 is 15.9 Å². The normalized spacial score (nSPS) is 10.6. The Morgan fingerprint density at radius 2 is 2.24 bits per heavy atom. The SMILES string of the molecule is O=C(Nc1ccc(-n2cncn2)c(F)c1)c1coc(Br)c1. The molecule has 8 heteroatoms. The molecule has 0 aliphatic heterocycles. The molecular formula is C13H8BrFN4O2. The van der Waals surface area contributed by atoms with Crippen molar-refractivity contribution in [1.82, 2.24) is 14.8 Å². The third-order valence-electron chi connectivity index (χ3n) is 2.70. The van der Waals surface area contributed by atoms with Crippen molar-refractivity contribution in [2.24, 2.45) is 0 Å². The van der Waals surface area contributed by atoms with Crippen molar-refractivity contribution in [2.75, 3.05) is 5.32 Å². The number of nitrogens with zero attached hydrogens (tertiary/aromatic N) is 3. The van der Waals surface area contributed by atoms with Crippen molar-refractivity contribution in [3.63, 3.8) is 0 Å². The van der Waals surface area contributed by atoms with E-state index in [2.05, 4.69) is 31.3 Å². The molecule has 3 rings (SSSR count). The third-order valence-corrected chi connectivity index (χ3v) is 3.12. The Kier molecular flexibility index (Phi) is 3.53. The summed E-state index contributed by atoms with van der Waals surface area (Å²) in [7, 11) is 0. The largest absolute Gasteiger partial charge is 0.457 e. The maximum Gasteiger partial charge on any atom is 0.258 e. The smallest absolute Gasteiger partial charge is 0.258 e. The highest BCUT2D eigenvalue weighted by Gasteiger charge is 2.11. The maximum absolute atomic E-state index is 14.0. The maximum atomic E-state index is 14.0. The van der Waals surface area contributed by atoms with Crippen molar-refractivity contribution in [3.05, 3.63) is 59.2 Å². The van der Waals surface area contributed by atoms with E-state index in [-0.39, 0.29) is 5.69 Å². The molecule has 21 heavy (non-hydrogen) atoms.